The van der Waals surface area contributed by atoms with Crippen LogP contribution in [0.25, 0.3) is 0 Å². The molecule has 0 N–H and O–H groups in total. The molecule has 0 bridgehead atoms. The molecule has 2 heteroatoms. The van der Waals surface area contributed by atoms with Crippen LogP contribution in [0, 0.1) is 0 Å². The van der Waals surface area contributed by atoms with E-state index in [2.05, 4.69) is 0 Å². The molecule has 1 aliphatic heterocycles. The molecule has 6 heavy (non-hydrogen) atoms. The second-order valence-electron chi connectivity index (χ2n) is 1.12. The van der Waals surface area contributed by atoms with Crippen molar-refractivity contribution in [3.05, 3.63) is 12.2 Å². The van der Waals surface area contributed by atoms with Crippen molar-refractivity contribution in [2.45, 2.75) is 0 Å². The van der Waals surface area contributed by atoms with E-state index in [0.717, 1.165) is 0 Å². The van der Waals surface area contributed by atoms with E-state index in [4.69, 9.17) is 0 Å². The molecule has 0 saturated carbocycles. The second kappa shape index (κ2) is 1.74. The van der Waals surface area contributed by atoms with Gasteiger partial charge in [-0.05, 0) is 0 Å². The van der Waals surface area contributed by atoms with Gasteiger partial charge in [-0.1, -0.05) is 0 Å². The fraction of sp³-hybridized carbons (Fsp3) is 0. The minimum atomic E-state index is -0.782. The van der Waals surface area contributed by atoms with Crippen LogP contribution in [0.2, 0.25) is 0 Å². The van der Waals surface area contributed by atoms with Crippen molar-refractivity contribution in [2.75, 3.05) is 0 Å². The molecule has 1 aliphatic rings. The molecule has 0 radical (unpaired) electrons. The van der Waals surface area contributed by atoms with Gasteiger partial charge in [0, 0.05) is 0 Å². The number of carbonyl (C=O) groups excluding carboxylic acids is 1. The first-order chi connectivity index (χ1) is 2.89. The third kappa shape index (κ3) is 0.806. The summed E-state index contributed by atoms with van der Waals surface area (Å²) < 4.78 is 2.45. The van der Waals surface area contributed by atoms with Crippen molar-refractivity contribution in [1.82, 2.24) is 0 Å². The molecule has 0 spiro atoms. The summed E-state index contributed by atoms with van der Waals surface area (Å²) in [5.74, 6) is 0. The topological polar surface area (TPSA) is 17.1 Å². The van der Waals surface area contributed by atoms with Gasteiger partial charge < -0.3 is 0 Å². The van der Waals surface area contributed by atoms with Gasteiger partial charge in [-0.2, -0.15) is 0 Å². The fourth-order valence-electron chi connectivity index (χ4n) is 0.356. The van der Waals surface area contributed by atoms with E-state index in [9.17, 15) is 4.79 Å². The van der Waals surface area contributed by atoms with Crippen LogP contribution >= 0.6 is 0 Å². The monoisotopic (exact) mass is 182 g/mol. The summed E-state index contributed by atoms with van der Waals surface area (Å²) in [4.78, 5) is 10.2. The van der Waals surface area contributed by atoms with Crippen molar-refractivity contribution in [1.29, 1.82) is 0 Å². The summed E-state index contributed by atoms with van der Waals surface area (Å²) in [5, 5.41) is 0. The Kier molecular flexibility index (Phi) is 1.25. The molecule has 1 rings (SSSR count). The third-order valence-electron chi connectivity index (χ3n) is 0.632. The summed E-state index contributed by atoms with van der Waals surface area (Å²) in [6, 6.07) is 0. The van der Waals surface area contributed by atoms with Crippen LogP contribution in [-0.2, 0) is 4.79 Å². The molecule has 0 atom stereocenters. The second-order valence-corrected chi connectivity index (χ2v) is 4.79. The Morgan fingerprint density at radius 3 is 2.67 bits per heavy atom. The first-order valence-corrected chi connectivity index (χ1v) is 5.33. The molecule has 0 amide bonds. The first kappa shape index (κ1) is 4.31. The Morgan fingerprint density at radius 1 is 1.67 bits per heavy atom. The van der Waals surface area contributed by atoms with Crippen molar-refractivity contribution >= 4 is 29.7 Å². The zero-order valence-electron chi connectivity index (χ0n) is 3.22. The average Bonchev–Trinajstić information content (AvgIpc) is 1.86. The SMILES string of the molecule is O=[C]1C=C[CH]=[In]1. The van der Waals surface area contributed by atoms with Crippen LogP contribution in [0.5, 0.6) is 0 Å². The summed E-state index contributed by atoms with van der Waals surface area (Å²) in [7, 11) is 0. The van der Waals surface area contributed by atoms with Gasteiger partial charge in [0.1, 0.15) is 0 Å². The summed E-state index contributed by atoms with van der Waals surface area (Å²) in [6.45, 7) is 0. The molecule has 0 unspecified atom stereocenters. The zero-order chi connectivity index (χ0) is 4.41. The number of allylic oxidation sites excluding steroid dienone is 2. The average molecular weight is 182 g/mol. The van der Waals surface area contributed by atoms with Gasteiger partial charge in [0.15, 0.2) is 0 Å². The van der Waals surface area contributed by atoms with Gasteiger partial charge in [-0.3, -0.25) is 0 Å². The summed E-state index contributed by atoms with van der Waals surface area (Å²) in [5.41, 5.74) is 0. The van der Waals surface area contributed by atoms with Gasteiger partial charge in [0.05, 0.1) is 0 Å². The van der Waals surface area contributed by atoms with Gasteiger partial charge in [-0.25, -0.2) is 0 Å². The van der Waals surface area contributed by atoms with Gasteiger partial charge >= 0.3 is 46.7 Å². The minimum absolute atomic E-state index is 0.408. The predicted molar refractivity (Wildman–Crippen MR) is 26.0 cm³/mol. The number of hydrogen-bond donors (Lipinski definition) is 0. The molecule has 1 nitrogen and oxygen atoms in total. The molecule has 0 aromatic rings. The fourth-order valence-corrected chi connectivity index (χ4v) is 2.17. The number of hydrogen-bond acceptors (Lipinski definition) is 1. The Hall–Kier alpha value is 0.150. The third-order valence-corrected chi connectivity index (χ3v) is 3.30. The Balaban J connectivity index is 2.86. The van der Waals surface area contributed by atoms with Gasteiger partial charge in [0.25, 0.3) is 0 Å². The molecule has 0 fully saturated rings. The molecule has 1 heterocycles. The van der Waals surface area contributed by atoms with Crippen molar-refractivity contribution < 1.29 is 4.79 Å². The van der Waals surface area contributed by atoms with Crippen LogP contribution in [0.4, 0.5) is 0 Å². The number of rotatable bonds is 0. The van der Waals surface area contributed by atoms with E-state index in [1.807, 2.05) is 9.83 Å². The normalized spacial score (nSPS) is 15.7. The van der Waals surface area contributed by atoms with Crippen LogP contribution < -0.4 is 0 Å². The van der Waals surface area contributed by atoms with E-state index in [1.165, 1.54) is 0 Å². The summed E-state index contributed by atoms with van der Waals surface area (Å²) in [6.07, 6.45) is 3.53. The van der Waals surface area contributed by atoms with E-state index in [1.54, 1.807) is 6.08 Å². The molecule has 0 saturated heterocycles. The van der Waals surface area contributed by atoms with Gasteiger partial charge in [0.2, 0.25) is 0 Å². The molecule has 0 aromatic carbocycles. The molecule has 0 aliphatic carbocycles. The van der Waals surface area contributed by atoms with Crippen LogP contribution in [0.3, 0.4) is 0 Å². The van der Waals surface area contributed by atoms with E-state index >= 15 is 0 Å². The molecular weight excluding hydrogens is 179 g/mol. The van der Waals surface area contributed by atoms with Crippen LogP contribution in [0.15, 0.2) is 12.2 Å². The van der Waals surface area contributed by atoms with Crippen molar-refractivity contribution in [3.63, 3.8) is 0 Å². The number of carbonyl (C=O) groups is 1. The quantitative estimate of drug-likeness (QED) is 0.497. The summed E-state index contributed by atoms with van der Waals surface area (Å²) >= 11 is -0.782. The van der Waals surface area contributed by atoms with Crippen molar-refractivity contribution in [3.8, 4) is 0 Å². The molecule has 0 aromatic heterocycles. The van der Waals surface area contributed by atoms with Crippen LogP contribution in [0.1, 0.15) is 0 Å². The van der Waals surface area contributed by atoms with E-state index in [0.29, 0.717) is 3.54 Å². The maximum atomic E-state index is 10.2. The Morgan fingerprint density at radius 2 is 2.50 bits per heavy atom. The van der Waals surface area contributed by atoms with E-state index < -0.39 is 22.4 Å². The molecule has 28 valence electrons. The standard InChI is InChI=1S/C4H3O.In/c1-2-3-4-5;/h1-3H;. The van der Waals surface area contributed by atoms with Gasteiger partial charge in [-0.15, -0.1) is 0 Å². The van der Waals surface area contributed by atoms with E-state index in [-0.39, 0.29) is 0 Å². The Labute approximate surface area is 46.9 Å². The zero-order valence-corrected chi connectivity index (χ0v) is 6.51. The van der Waals surface area contributed by atoms with Crippen molar-refractivity contribution in [2.24, 2.45) is 0 Å². The maximum absolute atomic E-state index is 10.2. The predicted octanol–water partition coefficient (Wildman–Crippen LogP) is -0.411. The molecular formula is C4H3InO. The Bertz CT molecular complexity index is 110. The first-order valence-electron chi connectivity index (χ1n) is 1.78. The van der Waals surface area contributed by atoms with Crippen LogP contribution in [-0.4, -0.2) is 29.7 Å².